The van der Waals surface area contributed by atoms with Crippen LogP contribution in [0.5, 0.6) is 0 Å². The summed E-state index contributed by atoms with van der Waals surface area (Å²) >= 11 is 0. The zero-order valence-electron chi connectivity index (χ0n) is 14.4. The highest BCUT2D eigenvalue weighted by molar-refractivity contribution is 6.55. The summed E-state index contributed by atoms with van der Waals surface area (Å²) in [5, 5.41) is 11.3. The molecule has 2 heterocycles. The molecular weight excluding hydrogens is 289 g/mol. The minimum Gasteiger partial charge on any atom is -0.400 e. The molecule has 1 fully saturated rings. The van der Waals surface area contributed by atoms with Crippen molar-refractivity contribution in [2.24, 2.45) is 0 Å². The van der Waals surface area contributed by atoms with Gasteiger partial charge in [0.2, 0.25) is 0 Å². The molecule has 1 aromatic heterocycles. The number of likely N-dealkylation sites (N-methyl/N-ethyl adjacent to an activating group) is 1. The van der Waals surface area contributed by atoms with Gasteiger partial charge in [0, 0.05) is 11.9 Å². The summed E-state index contributed by atoms with van der Waals surface area (Å²) in [5.41, 5.74) is 2.55. The molecule has 0 saturated carbocycles. The van der Waals surface area contributed by atoms with Crippen molar-refractivity contribution >= 4 is 24.1 Å². The Morgan fingerprint density at radius 1 is 1.26 bits per heavy atom. The van der Waals surface area contributed by atoms with E-state index in [9.17, 15) is 0 Å². The first-order chi connectivity index (χ1) is 10.8. The quantitative estimate of drug-likeness (QED) is 0.852. The fourth-order valence-electron chi connectivity index (χ4n) is 2.67. The van der Waals surface area contributed by atoms with Gasteiger partial charge in [-0.25, -0.2) is 0 Å². The molecule has 1 aliphatic heterocycles. The van der Waals surface area contributed by atoms with Gasteiger partial charge in [0.15, 0.2) is 0 Å². The molecule has 1 aromatic carbocycles. The van der Waals surface area contributed by atoms with Crippen molar-refractivity contribution in [2.45, 2.75) is 38.9 Å². The van der Waals surface area contributed by atoms with Gasteiger partial charge >= 0.3 is 7.12 Å². The Bertz CT molecular complexity index is 720. The van der Waals surface area contributed by atoms with Crippen LogP contribution >= 0.6 is 0 Å². The predicted octanol–water partition coefficient (Wildman–Crippen LogP) is 2.80. The molecule has 0 spiro atoms. The van der Waals surface area contributed by atoms with Gasteiger partial charge in [-0.1, -0.05) is 12.1 Å². The fraction of sp³-hybridized carbons (Fsp3) is 0.471. The number of hydrogen-bond acceptors (Lipinski definition) is 4. The second-order valence-corrected chi connectivity index (χ2v) is 7.05. The Hall–Kier alpha value is -1.63. The maximum atomic E-state index is 6.17. The molecule has 0 aliphatic carbocycles. The average Bonchev–Trinajstić information content (AvgIpc) is 3.00. The van der Waals surface area contributed by atoms with Gasteiger partial charge in [-0.05, 0) is 57.9 Å². The van der Waals surface area contributed by atoms with Crippen molar-refractivity contribution < 1.29 is 9.31 Å². The van der Waals surface area contributed by atoms with E-state index in [0.29, 0.717) is 6.54 Å². The van der Waals surface area contributed by atoms with E-state index in [2.05, 4.69) is 61.4 Å². The molecule has 1 saturated heterocycles. The summed E-state index contributed by atoms with van der Waals surface area (Å²) in [6, 6.07) is 6.22. The summed E-state index contributed by atoms with van der Waals surface area (Å²) in [4.78, 5) is 0. The van der Waals surface area contributed by atoms with Crippen molar-refractivity contribution in [2.75, 3.05) is 13.6 Å². The summed E-state index contributed by atoms with van der Waals surface area (Å²) in [6.07, 6.45) is 3.96. The van der Waals surface area contributed by atoms with Gasteiger partial charge < -0.3 is 14.6 Å². The van der Waals surface area contributed by atoms with E-state index >= 15 is 0 Å². The van der Waals surface area contributed by atoms with Crippen molar-refractivity contribution in [3.8, 4) is 0 Å². The van der Waals surface area contributed by atoms with Crippen LogP contribution in [0.3, 0.4) is 0 Å². The standard InChI is InChI=1S/C17H24BN3O2/c1-16(2)17(3,4)23-18(22-16)14(11-19-5)9-12-6-7-15-13(8-12)10-20-21-15/h6-10,19H,11H2,1-5H3,(H,20,21). The van der Waals surface area contributed by atoms with E-state index in [4.69, 9.17) is 9.31 Å². The van der Waals surface area contributed by atoms with Crippen molar-refractivity contribution in [1.29, 1.82) is 0 Å². The number of H-pyrrole nitrogens is 1. The van der Waals surface area contributed by atoms with Gasteiger partial charge in [0.25, 0.3) is 0 Å². The molecule has 1 aliphatic rings. The molecule has 6 heteroatoms. The second-order valence-electron chi connectivity index (χ2n) is 7.05. The number of benzene rings is 1. The number of rotatable bonds is 4. The molecule has 5 nitrogen and oxygen atoms in total. The van der Waals surface area contributed by atoms with E-state index in [1.54, 1.807) is 0 Å². The van der Waals surface area contributed by atoms with Gasteiger partial charge in [0.1, 0.15) is 0 Å². The highest BCUT2D eigenvalue weighted by atomic mass is 16.7. The Morgan fingerprint density at radius 3 is 2.61 bits per heavy atom. The number of aromatic amines is 1. The van der Waals surface area contributed by atoms with Crippen LogP contribution in [0, 0.1) is 0 Å². The number of nitrogens with zero attached hydrogens (tertiary/aromatic N) is 1. The Morgan fingerprint density at radius 2 is 1.96 bits per heavy atom. The lowest BCUT2D eigenvalue weighted by Crippen LogP contribution is -2.41. The average molecular weight is 313 g/mol. The summed E-state index contributed by atoms with van der Waals surface area (Å²) in [7, 11) is 1.59. The Kier molecular flexibility index (Phi) is 4.08. The summed E-state index contributed by atoms with van der Waals surface area (Å²) in [5.74, 6) is 0. The van der Waals surface area contributed by atoms with Crippen LogP contribution in [0.1, 0.15) is 33.3 Å². The predicted molar refractivity (Wildman–Crippen MR) is 94.1 cm³/mol. The highest BCUT2D eigenvalue weighted by Crippen LogP contribution is 2.38. The maximum absolute atomic E-state index is 6.17. The number of hydrogen-bond donors (Lipinski definition) is 2. The number of fused-ring (bicyclic) bond motifs is 1. The summed E-state index contributed by atoms with van der Waals surface area (Å²) < 4.78 is 12.3. The van der Waals surface area contributed by atoms with Crippen LogP contribution in [0.25, 0.3) is 17.0 Å². The molecule has 0 amide bonds. The first kappa shape index (κ1) is 16.2. The van der Waals surface area contributed by atoms with Crippen molar-refractivity contribution in [3.63, 3.8) is 0 Å². The SMILES string of the molecule is CNCC(=Cc1ccc2[nH]ncc2c1)B1OC(C)(C)C(C)(C)O1. The van der Waals surface area contributed by atoms with E-state index < -0.39 is 0 Å². The van der Waals surface area contributed by atoms with E-state index in [1.807, 2.05) is 19.3 Å². The number of nitrogens with one attached hydrogen (secondary N) is 2. The van der Waals surface area contributed by atoms with Gasteiger partial charge in [-0.15, -0.1) is 0 Å². The molecule has 122 valence electrons. The van der Waals surface area contributed by atoms with Gasteiger partial charge in [-0.3, -0.25) is 5.10 Å². The largest absolute Gasteiger partial charge is 0.491 e. The van der Waals surface area contributed by atoms with Crippen molar-refractivity contribution in [3.05, 3.63) is 35.4 Å². The third kappa shape index (κ3) is 3.07. The monoisotopic (exact) mass is 313 g/mol. The Balaban J connectivity index is 1.92. The molecule has 2 N–H and O–H groups in total. The zero-order valence-corrected chi connectivity index (χ0v) is 14.4. The van der Waals surface area contributed by atoms with E-state index in [0.717, 1.165) is 21.9 Å². The van der Waals surface area contributed by atoms with E-state index in [-0.39, 0.29) is 18.3 Å². The molecule has 0 unspecified atom stereocenters. The molecule has 2 aromatic rings. The lowest BCUT2D eigenvalue weighted by atomic mass is 9.77. The van der Waals surface area contributed by atoms with Crippen LogP contribution in [0.4, 0.5) is 0 Å². The van der Waals surface area contributed by atoms with Crippen LogP contribution in [-0.4, -0.2) is 42.1 Å². The van der Waals surface area contributed by atoms with Gasteiger partial charge in [-0.2, -0.15) is 5.10 Å². The van der Waals surface area contributed by atoms with Crippen LogP contribution in [0.2, 0.25) is 0 Å². The molecule has 23 heavy (non-hydrogen) atoms. The zero-order chi connectivity index (χ0) is 16.7. The first-order valence-electron chi connectivity index (χ1n) is 7.96. The third-order valence-electron chi connectivity index (χ3n) is 4.75. The minimum absolute atomic E-state index is 0.334. The van der Waals surface area contributed by atoms with E-state index in [1.165, 1.54) is 0 Å². The van der Waals surface area contributed by atoms with Crippen LogP contribution in [0.15, 0.2) is 29.9 Å². The maximum Gasteiger partial charge on any atom is 0.491 e. The smallest absolute Gasteiger partial charge is 0.400 e. The highest BCUT2D eigenvalue weighted by Gasteiger charge is 2.52. The molecule has 0 atom stereocenters. The topological polar surface area (TPSA) is 59.2 Å². The van der Waals surface area contributed by atoms with Crippen LogP contribution in [-0.2, 0) is 9.31 Å². The minimum atomic E-state index is -0.340. The normalized spacial score (nSPS) is 20.4. The molecule has 0 bridgehead atoms. The lowest BCUT2D eigenvalue weighted by Gasteiger charge is -2.32. The molecule has 0 radical (unpaired) electrons. The Labute approximate surface area is 137 Å². The van der Waals surface area contributed by atoms with Crippen LogP contribution < -0.4 is 5.32 Å². The molecule has 3 rings (SSSR count). The van der Waals surface area contributed by atoms with Crippen molar-refractivity contribution in [1.82, 2.24) is 15.5 Å². The summed E-state index contributed by atoms with van der Waals surface area (Å²) in [6.45, 7) is 8.99. The van der Waals surface area contributed by atoms with Gasteiger partial charge in [0.05, 0.1) is 22.9 Å². The third-order valence-corrected chi connectivity index (χ3v) is 4.75. The fourth-order valence-corrected chi connectivity index (χ4v) is 2.67. The molecular formula is C17H24BN3O2. The first-order valence-corrected chi connectivity index (χ1v) is 7.96. The second kappa shape index (κ2) is 5.78. The lowest BCUT2D eigenvalue weighted by molar-refractivity contribution is 0.00578. The number of aromatic nitrogens is 2.